The number of hydrogen-bond donors (Lipinski definition) is 2. The number of benzene rings is 2. The van der Waals surface area contributed by atoms with Crippen LogP contribution in [0.4, 0.5) is 15.8 Å². The van der Waals surface area contributed by atoms with Crippen LogP contribution in [0, 0.1) is 5.82 Å². The van der Waals surface area contributed by atoms with Gasteiger partial charge in [-0.25, -0.2) is 4.39 Å². The van der Waals surface area contributed by atoms with Gasteiger partial charge in [0.15, 0.2) is 0 Å². The highest BCUT2D eigenvalue weighted by molar-refractivity contribution is 9.10. The number of amides is 1. The number of anilines is 2. The SMILES string of the molecule is Nc1cc(Br)ccc1C(=O)Nc1ccc(F)c(Cl)c1. The van der Waals surface area contributed by atoms with Crippen molar-refractivity contribution < 1.29 is 9.18 Å². The Balaban J connectivity index is 2.23. The minimum atomic E-state index is -0.539. The lowest BCUT2D eigenvalue weighted by Crippen LogP contribution is -2.14. The molecule has 0 bridgehead atoms. The van der Waals surface area contributed by atoms with Gasteiger partial charge in [0.05, 0.1) is 10.6 Å². The average molecular weight is 344 g/mol. The first-order valence-electron chi connectivity index (χ1n) is 5.29. The van der Waals surface area contributed by atoms with Crippen LogP contribution in [0.5, 0.6) is 0 Å². The molecule has 19 heavy (non-hydrogen) atoms. The third-order valence-electron chi connectivity index (χ3n) is 2.44. The number of nitrogens with one attached hydrogen (secondary N) is 1. The number of nitrogen functional groups attached to an aromatic ring is 1. The van der Waals surface area contributed by atoms with Crippen molar-refractivity contribution in [1.29, 1.82) is 0 Å². The number of hydrogen-bond acceptors (Lipinski definition) is 2. The van der Waals surface area contributed by atoms with Crippen LogP contribution >= 0.6 is 27.5 Å². The molecule has 3 N–H and O–H groups in total. The first-order chi connectivity index (χ1) is 8.97. The van der Waals surface area contributed by atoms with Gasteiger partial charge in [0.1, 0.15) is 5.82 Å². The number of nitrogens with two attached hydrogens (primary N) is 1. The van der Waals surface area contributed by atoms with Crippen molar-refractivity contribution in [1.82, 2.24) is 0 Å². The zero-order valence-corrected chi connectivity index (χ0v) is 11.9. The normalized spacial score (nSPS) is 10.3. The molecule has 0 aliphatic carbocycles. The number of carbonyl (C=O) groups excluding carboxylic acids is 1. The molecule has 98 valence electrons. The highest BCUT2D eigenvalue weighted by Crippen LogP contribution is 2.22. The topological polar surface area (TPSA) is 55.1 Å². The van der Waals surface area contributed by atoms with Gasteiger partial charge in [0.2, 0.25) is 0 Å². The molecule has 0 saturated carbocycles. The minimum absolute atomic E-state index is 0.0541. The fourth-order valence-electron chi connectivity index (χ4n) is 1.51. The van der Waals surface area contributed by atoms with Crippen LogP contribution in [0.2, 0.25) is 5.02 Å². The molecule has 0 spiro atoms. The number of halogens is 3. The molecule has 0 aliphatic heterocycles. The highest BCUT2D eigenvalue weighted by atomic mass is 79.9. The molecule has 0 heterocycles. The van der Waals surface area contributed by atoms with E-state index in [1.807, 2.05) is 0 Å². The van der Waals surface area contributed by atoms with E-state index in [1.165, 1.54) is 18.2 Å². The smallest absolute Gasteiger partial charge is 0.257 e. The van der Waals surface area contributed by atoms with E-state index in [0.717, 1.165) is 4.47 Å². The van der Waals surface area contributed by atoms with Gasteiger partial charge in [-0.15, -0.1) is 0 Å². The van der Waals surface area contributed by atoms with Crippen LogP contribution in [-0.4, -0.2) is 5.91 Å². The lowest BCUT2D eigenvalue weighted by Gasteiger charge is -2.08. The van der Waals surface area contributed by atoms with E-state index in [0.29, 0.717) is 16.9 Å². The van der Waals surface area contributed by atoms with Crippen molar-refractivity contribution >= 4 is 44.8 Å². The molecule has 0 unspecified atom stereocenters. The zero-order valence-electron chi connectivity index (χ0n) is 9.58. The van der Waals surface area contributed by atoms with Crippen LogP contribution in [0.3, 0.4) is 0 Å². The summed E-state index contributed by atoms with van der Waals surface area (Å²) >= 11 is 8.90. The molecule has 0 radical (unpaired) electrons. The van der Waals surface area contributed by atoms with Gasteiger partial charge in [0.25, 0.3) is 5.91 Å². The molecule has 2 rings (SSSR count). The molecule has 0 atom stereocenters. The molecular formula is C13H9BrClFN2O. The molecule has 3 nitrogen and oxygen atoms in total. The van der Waals surface area contributed by atoms with Crippen molar-refractivity contribution in [2.24, 2.45) is 0 Å². The Morgan fingerprint density at radius 3 is 2.63 bits per heavy atom. The fraction of sp³-hybridized carbons (Fsp3) is 0. The number of carbonyl (C=O) groups is 1. The molecule has 0 aromatic heterocycles. The molecule has 0 saturated heterocycles. The third-order valence-corrected chi connectivity index (χ3v) is 3.22. The molecule has 0 fully saturated rings. The monoisotopic (exact) mass is 342 g/mol. The summed E-state index contributed by atoms with van der Waals surface area (Å²) in [6, 6.07) is 8.89. The summed E-state index contributed by atoms with van der Waals surface area (Å²) in [5, 5.41) is 2.55. The van der Waals surface area contributed by atoms with Crippen molar-refractivity contribution in [2.75, 3.05) is 11.1 Å². The third kappa shape index (κ3) is 3.24. The van der Waals surface area contributed by atoms with Crippen molar-refractivity contribution in [3.8, 4) is 0 Å². The van der Waals surface area contributed by atoms with Gasteiger partial charge in [-0.3, -0.25) is 4.79 Å². The van der Waals surface area contributed by atoms with Crippen molar-refractivity contribution in [2.45, 2.75) is 0 Å². The molecule has 1 amide bonds. The predicted octanol–water partition coefficient (Wildman–Crippen LogP) is 4.08. The van der Waals surface area contributed by atoms with Gasteiger partial charge in [-0.1, -0.05) is 27.5 Å². The van der Waals surface area contributed by atoms with Gasteiger partial charge >= 0.3 is 0 Å². The zero-order chi connectivity index (χ0) is 14.0. The second kappa shape index (κ2) is 5.59. The van der Waals surface area contributed by atoms with Crippen LogP contribution in [-0.2, 0) is 0 Å². The maximum absolute atomic E-state index is 13.0. The van der Waals surface area contributed by atoms with Crippen LogP contribution in [0.25, 0.3) is 0 Å². The Bertz CT molecular complexity index is 649. The van der Waals surface area contributed by atoms with E-state index in [2.05, 4.69) is 21.2 Å². The summed E-state index contributed by atoms with van der Waals surface area (Å²) in [5.41, 5.74) is 6.84. The molecule has 2 aromatic carbocycles. The maximum Gasteiger partial charge on any atom is 0.257 e. The van der Waals surface area contributed by atoms with E-state index in [-0.39, 0.29) is 10.9 Å². The van der Waals surface area contributed by atoms with Crippen molar-refractivity contribution in [3.63, 3.8) is 0 Å². The van der Waals surface area contributed by atoms with Gasteiger partial charge in [-0.05, 0) is 36.4 Å². The predicted molar refractivity (Wildman–Crippen MR) is 77.9 cm³/mol. The van der Waals surface area contributed by atoms with E-state index >= 15 is 0 Å². The van der Waals surface area contributed by atoms with E-state index in [9.17, 15) is 9.18 Å². The Labute approximate surface area is 122 Å². The second-order valence-electron chi connectivity index (χ2n) is 3.81. The molecule has 2 aromatic rings. The second-order valence-corrected chi connectivity index (χ2v) is 5.14. The largest absolute Gasteiger partial charge is 0.398 e. The molecular weight excluding hydrogens is 335 g/mol. The minimum Gasteiger partial charge on any atom is -0.398 e. The van der Waals surface area contributed by atoms with Crippen molar-refractivity contribution in [3.05, 3.63) is 57.3 Å². The quantitative estimate of drug-likeness (QED) is 0.807. The van der Waals surface area contributed by atoms with Crippen LogP contribution in [0.1, 0.15) is 10.4 Å². The summed E-state index contributed by atoms with van der Waals surface area (Å²) < 4.78 is 13.8. The first-order valence-corrected chi connectivity index (χ1v) is 6.46. The Morgan fingerprint density at radius 2 is 2.00 bits per heavy atom. The van der Waals surface area contributed by atoms with Crippen LogP contribution in [0.15, 0.2) is 40.9 Å². The summed E-state index contributed by atoms with van der Waals surface area (Å²) in [7, 11) is 0. The van der Waals surface area contributed by atoms with E-state index in [4.69, 9.17) is 17.3 Å². The average Bonchev–Trinajstić information content (AvgIpc) is 2.33. The lowest BCUT2D eigenvalue weighted by molar-refractivity contribution is 0.102. The standard InChI is InChI=1S/C13H9BrClFN2O/c14-7-1-3-9(12(17)5-7)13(19)18-8-2-4-11(16)10(15)6-8/h1-6H,17H2,(H,18,19). The first kappa shape index (κ1) is 13.8. The summed E-state index contributed by atoms with van der Waals surface area (Å²) in [6.07, 6.45) is 0. The van der Waals surface area contributed by atoms with Gasteiger partial charge in [-0.2, -0.15) is 0 Å². The highest BCUT2D eigenvalue weighted by Gasteiger charge is 2.11. The summed E-state index contributed by atoms with van der Waals surface area (Å²) in [5.74, 6) is -0.921. The summed E-state index contributed by atoms with van der Waals surface area (Å²) in [4.78, 5) is 12.0. The van der Waals surface area contributed by atoms with Gasteiger partial charge < -0.3 is 11.1 Å². The van der Waals surface area contributed by atoms with E-state index in [1.54, 1.807) is 18.2 Å². The lowest BCUT2D eigenvalue weighted by atomic mass is 10.1. The summed E-state index contributed by atoms with van der Waals surface area (Å²) in [6.45, 7) is 0. The molecule has 0 aliphatic rings. The Hall–Kier alpha value is -1.59. The maximum atomic E-state index is 13.0. The van der Waals surface area contributed by atoms with Gasteiger partial charge in [0, 0.05) is 15.8 Å². The Morgan fingerprint density at radius 1 is 1.26 bits per heavy atom. The van der Waals surface area contributed by atoms with E-state index < -0.39 is 5.82 Å². The Kier molecular flexibility index (Phi) is 4.07. The molecule has 6 heteroatoms. The number of rotatable bonds is 2. The van der Waals surface area contributed by atoms with Crippen LogP contribution < -0.4 is 11.1 Å². The fourth-order valence-corrected chi connectivity index (χ4v) is 2.07.